The summed E-state index contributed by atoms with van der Waals surface area (Å²) in [5.74, 6) is -1.23. The summed E-state index contributed by atoms with van der Waals surface area (Å²) in [5, 5.41) is 4.04. The number of thioether (sulfide) groups is 1. The first-order valence-corrected chi connectivity index (χ1v) is 10.9. The number of hydrogen-bond acceptors (Lipinski definition) is 6. The molecule has 0 fully saturated rings. The second kappa shape index (κ2) is 9.75. The summed E-state index contributed by atoms with van der Waals surface area (Å²) in [6.45, 7) is -1.43. The largest absolute Gasteiger partial charge is 0.495 e. The maximum Gasteiger partial charge on any atom is 0.405 e. The van der Waals surface area contributed by atoms with E-state index in [9.17, 15) is 22.8 Å². The van der Waals surface area contributed by atoms with Crippen LogP contribution in [0.4, 0.5) is 18.9 Å². The van der Waals surface area contributed by atoms with E-state index in [4.69, 9.17) is 16.3 Å². The van der Waals surface area contributed by atoms with Gasteiger partial charge in [-0.1, -0.05) is 29.4 Å². The normalized spacial score (nSPS) is 15.4. The Morgan fingerprint density at radius 3 is 2.77 bits per heavy atom. The second-order valence-electron chi connectivity index (χ2n) is 6.08. The molecular weight excluding hydrogens is 475 g/mol. The Bertz CT molecular complexity index is 1040. The summed E-state index contributed by atoms with van der Waals surface area (Å²) in [4.78, 5) is 31.2. The molecule has 164 valence electrons. The van der Waals surface area contributed by atoms with Gasteiger partial charge in [-0.25, -0.2) is 4.99 Å². The Labute approximate surface area is 188 Å². The minimum atomic E-state index is -4.51. The summed E-state index contributed by atoms with van der Waals surface area (Å²) < 4.78 is 42.0. The van der Waals surface area contributed by atoms with Gasteiger partial charge in [-0.05, 0) is 35.7 Å². The summed E-state index contributed by atoms with van der Waals surface area (Å²) in [6, 6.07) is 8.31. The van der Waals surface area contributed by atoms with Crippen molar-refractivity contribution in [1.82, 2.24) is 5.32 Å². The molecule has 0 unspecified atom stereocenters. The number of thiophene rings is 1. The highest BCUT2D eigenvalue weighted by Crippen LogP contribution is 2.34. The minimum absolute atomic E-state index is 0.132. The lowest BCUT2D eigenvalue weighted by atomic mass is 10.2. The molecule has 2 heterocycles. The van der Waals surface area contributed by atoms with E-state index in [0.717, 1.165) is 16.6 Å². The third-order valence-corrected chi connectivity index (χ3v) is 5.92. The summed E-state index contributed by atoms with van der Waals surface area (Å²) in [7, 11) is 1.45. The van der Waals surface area contributed by atoms with Gasteiger partial charge in [-0.2, -0.15) is 13.2 Å². The number of carbonyl (C=O) groups is 2. The number of nitrogens with one attached hydrogen (secondary N) is 1. The molecule has 0 atom stereocenters. The molecule has 0 bridgehead atoms. The number of methoxy groups -OCH3 is 1. The lowest BCUT2D eigenvalue weighted by Crippen LogP contribution is -2.36. The molecule has 0 spiro atoms. The van der Waals surface area contributed by atoms with E-state index < -0.39 is 24.5 Å². The van der Waals surface area contributed by atoms with Crippen molar-refractivity contribution in [1.29, 1.82) is 0 Å². The van der Waals surface area contributed by atoms with Crippen molar-refractivity contribution in [2.45, 2.75) is 6.18 Å². The Balaban J connectivity index is 1.85. The number of rotatable bonds is 6. The third kappa shape index (κ3) is 6.02. The van der Waals surface area contributed by atoms with Crippen LogP contribution in [0, 0.1) is 0 Å². The first kappa shape index (κ1) is 23.2. The van der Waals surface area contributed by atoms with Crippen molar-refractivity contribution in [2.24, 2.45) is 4.99 Å². The topological polar surface area (TPSA) is 71.0 Å². The van der Waals surface area contributed by atoms with Gasteiger partial charge in [-0.15, -0.1) is 11.3 Å². The number of ether oxygens (including phenoxy) is 1. The molecule has 1 N–H and O–H groups in total. The average molecular weight is 490 g/mol. The van der Waals surface area contributed by atoms with Crippen molar-refractivity contribution < 1.29 is 27.5 Å². The van der Waals surface area contributed by atoms with Crippen LogP contribution in [-0.2, 0) is 9.59 Å². The first-order valence-electron chi connectivity index (χ1n) is 8.66. The summed E-state index contributed by atoms with van der Waals surface area (Å²) >= 11 is 8.43. The van der Waals surface area contributed by atoms with Gasteiger partial charge >= 0.3 is 6.18 Å². The number of carbonyl (C=O) groups excluding carboxylic acids is 2. The Hall–Kier alpha value is -2.50. The van der Waals surface area contributed by atoms with Gasteiger partial charge in [-0.3, -0.25) is 14.5 Å². The number of amidine groups is 1. The van der Waals surface area contributed by atoms with Crippen molar-refractivity contribution in [3.8, 4) is 5.75 Å². The second-order valence-corrected chi connectivity index (χ2v) is 8.41. The molecule has 1 aliphatic heterocycles. The number of hydrogen-bond donors (Lipinski definition) is 1. The average Bonchev–Trinajstić information content (AvgIpc) is 3.32. The minimum Gasteiger partial charge on any atom is -0.495 e. The molecule has 0 saturated heterocycles. The molecule has 31 heavy (non-hydrogen) atoms. The highest BCUT2D eigenvalue weighted by molar-refractivity contribution is 8.14. The molecule has 1 aromatic heterocycles. The van der Waals surface area contributed by atoms with Crippen molar-refractivity contribution in [3.63, 3.8) is 0 Å². The summed E-state index contributed by atoms with van der Waals surface area (Å²) in [5.41, 5.74) is 0.514. The monoisotopic (exact) mass is 489 g/mol. The summed E-state index contributed by atoms with van der Waals surface area (Å²) in [6.07, 6.45) is -2.91. The van der Waals surface area contributed by atoms with Gasteiger partial charge < -0.3 is 10.1 Å². The number of benzene rings is 1. The van der Waals surface area contributed by atoms with E-state index >= 15 is 0 Å². The number of amides is 2. The van der Waals surface area contributed by atoms with Crippen molar-refractivity contribution in [2.75, 3.05) is 24.3 Å². The van der Waals surface area contributed by atoms with Gasteiger partial charge in [0.05, 0.1) is 23.6 Å². The van der Waals surface area contributed by atoms with Gasteiger partial charge in [0.15, 0.2) is 5.17 Å². The van der Waals surface area contributed by atoms with E-state index in [1.54, 1.807) is 23.5 Å². The van der Waals surface area contributed by atoms with E-state index in [0.29, 0.717) is 11.4 Å². The zero-order chi connectivity index (χ0) is 22.6. The molecular formula is C19H15ClF3N3O3S2. The fraction of sp³-hybridized carbons (Fsp3) is 0.211. The quantitative estimate of drug-likeness (QED) is 0.604. The molecule has 2 aromatic rings. The van der Waals surface area contributed by atoms with Crippen LogP contribution in [0.2, 0.25) is 5.02 Å². The molecule has 0 aliphatic carbocycles. The number of nitrogens with zero attached hydrogens (tertiary/aromatic N) is 2. The predicted octanol–water partition coefficient (Wildman–Crippen LogP) is 4.57. The number of anilines is 1. The predicted molar refractivity (Wildman–Crippen MR) is 117 cm³/mol. The van der Waals surface area contributed by atoms with Crippen LogP contribution in [0.25, 0.3) is 6.08 Å². The molecule has 1 aromatic carbocycles. The molecule has 3 rings (SSSR count). The maximum absolute atomic E-state index is 13.0. The standard InChI is InChI=1S/C19H15ClF3N3O3S2/c1-29-15-5-4-11(7-13(15)20)26-17(28)14(8-12-3-2-6-30-12)25-18(26)31-9-16(27)24-10-19(21,22)23/h2-8H,9-10H2,1H3,(H,24,27)/b14-8-. The smallest absolute Gasteiger partial charge is 0.405 e. The van der Waals surface area contributed by atoms with Crippen LogP contribution < -0.4 is 15.0 Å². The van der Waals surface area contributed by atoms with Crippen LogP contribution in [0.3, 0.4) is 0 Å². The van der Waals surface area contributed by atoms with Crippen LogP contribution in [-0.4, -0.2) is 42.6 Å². The van der Waals surface area contributed by atoms with Crippen LogP contribution >= 0.6 is 34.7 Å². The lowest BCUT2D eigenvalue weighted by Gasteiger charge is -2.18. The van der Waals surface area contributed by atoms with Gasteiger partial charge in [0.2, 0.25) is 5.91 Å². The molecule has 0 saturated carbocycles. The molecule has 6 nitrogen and oxygen atoms in total. The first-order chi connectivity index (χ1) is 14.7. The molecule has 1 aliphatic rings. The molecule has 12 heteroatoms. The number of aliphatic imine (C=N–C) groups is 1. The zero-order valence-electron chi connectivity index (χ0n) is 15.9. The Kier molecular flexibility index (Phi) is 7.29. The van der Waals surface area contributed by atoms with E-state index in [2.05, 4.69) is 4.99 Å². The fourth-order valence-corrected chi connectivity index (χ4v) is 4.25. The zero-order valence-corrected chi connectivity index (χ0v) is 18.3. The highest BCUT2D eigenvalue weighted by atomic mass is 35.5. The Morgan fingerprint density at radius 1 is 1.39 bits per heavy atom. The van der Waals surface area contributed by atoms with E-state index in [1.807, 2.05) is 17.5 Å². The number of alkyl halides is 3. The Morgan fingerprint density at radius 2 is 2.16 bits per heavy atom. The fourth-order valence-electron chi connectivity index (χ4n) is 2.50. The van der Waals surface area contributed by atoms with Crippen LogP contribution in [0.15, 0.2) is 46.4 Å². The van der Waals surface area contributed by atoms with Gasteiger partial charge in [0, 0.05) is 4.88 Å². The highest BCUT2D eigenvalue weighted by Gasteiger charge is 2.33. The SMILES string of the molecule is COc1ccc(N2C(=O)/C(=C/c3cccs3)N=C2SCC(=O)NCC(F)(F)F)cc1Cl. The van der Waals surface area contributed by atoms with Crippen LogP contribution in [0.1, 0.15) is 4.88 Å². The molecule has 2 amide bonds. The van der Waals surface area contributed by atoms with Gasteiger partial charge in [0.25, 0.3) is 5.91 Å². The van der Waals surface area contributed by atoms with E-state index in [-0.39, 0.29) is 21.6 Å². The maximum atomic E-state index is 13.0. The third-order valence-electron chi connectivity index (χ3n) is 3.86. The van der Waals surface area contributed by atoms with E-state index in [1.165, 1.54) is 29.4 Å². The van der Waals surface area contributed by atoms with Crippen molar-refractivity contribution >= 4 is 63.4 Å². The van der Waals surface area contributed by atoms with Crippen molar-refractivity contribution in [3.05, 3.63) is 51.3 Å². The van der Waals surface area contributed by atoms with Gasteiger partial charge in [0.1, 0.15) is 18.0 Å². The molecule has 0 radical (unpaired) electrons. The number of halogens is 4. The lowest BCUT2D eigenvalue weighted by molar-refractivity contribution is -0.136. The van der Waals surface area contributed by atoms with Crippen LogP contribution in [0.5, 0.6) is 5.75 Å².